The maximum atomic E-state index is 12.3. The Bertz CT molecular complexity index is 720. The van der Waals surface area contributed by atoms with E-state index in [1.54, 1.807) is 36.7 Å². The summed E-state index contributed by atoms with van der Waals surface area (Å²) in [4.78, 5) is 21.0. The Morgan fingerprint density at radius 3 is 1.60 bits per heavy atom. The molecular weight excluding hydrogens is 372 g/mol. The van der Waals surface area contributed by atoms with E-state index in [0.29, 0.717) is 0 Å². The van der Waals surface area contributed by atoms with Crippen LogP contribution in [0, 0.1) is 0 Å². The molecule has 2 rings (SSSR count). The Morgan fingerprint density at radius 2 is 1.17 bits per heavy atom. The molecule has 5 nitrogen and oxygen atoms in total. The van der Waals surface area contributed by atoms with Crippen LogP contribution in [-0.2, 0) is 17.9 Å². The lowest BCUT2D eigenvalue weighted by Crippen LogP contribution is -2.00. The molecule has 2 aromatic rings. The van der Waals surface area contributed by atoms with Gasteiger partial charge in [0.1, 0.15) is 11.6 Å². The third-order valence-electron chi connectivity index (χ3n) is 5.29. The zero-order valence-electron chi connectivity index (χ0n) is 18.8. The molecule has 0 aliphatic rings. The van der Waals surface area contributed by atoms with Crippen molar-refractivity contribution in [3.05, 3.63) is 48.6 Å². The maximum Gasteiger partial charge on any atom is 0.178 e. The molecule has 0 spiro atoms. The average Bonchev–Trinajstić information content (AvgIpc) is 3.39. The Hall–Kier alpha value is -2.43. The largest absolute Gasteiger partial charge is 0.331 e. The number of carbonyl (C=O) groups excluding carboxylic acids is 1. The second kappa shape index (κ2) is 14.5. The van der Waals surface area contributed by atoms with E-state index >= 15 is 0 Å². The van der Waals surface area contributed by atoms with Crippen molar-refractivity contribution in [1.82, 2.24) is 19.1 Å². The Labute approximate surface area is 181 Å². The van der Waals surface area contributed by atoms with Crippen molar-refractivity contribution in [2.24, 2.45) is 0 Å². The molecule has 0 N–H and O–H groups in total. The number of carbonyl (C=O) groups is 1. The molecule has 2 heterocycles. The quantitative estimate of drug-likeness (QED) is 0.240. The van der Waals surface area contributed by atoms with Gasteiger partial charge in [-0.1, -0.05) is 65.2 Å². The smallest absolute Gasteiger partial charge is 0.178 e. The van der Waals surface area contributed by atoms with E-state index in [9.17, 15) is 4.79 Å². The van der Waals surface area contributed by atoms with Gasteiger partial charge in [0, 0.05) is 37.9 Å². The van der Waals surface area contributed by atoms with Crippen molar-refractivity contribution in [2.75, 3.05) is 0 Å². The van der Waals surface area contributed by atoms with Crippen molar-refractivity contribution in [1.29, 1.82) is 0 Å². The third-order valence-corrected chi connectivity index (χ3v) is 5.29. The molecule has 0 aromatic carbocycles. The number of unbranched alkanes of at least 4 members (excludes halogenated alkanes) is 8. The fourth-order valence-corrected chi connectivity index (χ4v) is 3.48. The molecule has 0 amide bonds. The van der Waals surface area contributed by atoms with Crippen LogP contribution in [0.5, 0.6) is 0 Å². The molecule has 0 aliphatic heterocycles. The van der Waals surface area contributed by atoms with Crippen LogP contribution in [0.1, 0.15) is 89.7 Å². The van der Waals surface area contributed by atoms with E-state index in [1.807, 2.05) is 12.4 Å². The summed E-state index contributed by atoms with van der Waals surface area (Å²) in [7, 11) is 0. The molecule has 0 atom stereocenters. The van der Waals surface area contributed by atoms with Gasteiger partial charge in [0.15, 0.2) is 5.78 Å². The number of aryl methyl sites for hydroxylation is 2. The topological polar surface area (TPSA) is 52.7 Å². The summed E-state index contributed by atoms with van der Waals surface area (Å²) in [6.07, 6.45) is 26.8. The molecule has 0 radical (unpaired) electrons. The van der Waals surface area contributed by atoms with E-state index in [0.717, 1.165) is 37.6 Å². The number of ketones is 1. The van der Waals surface area contributed by atoms with E-state index in [4.69, 9.17) is 0 Å². The minimum Gasteiger partial charge on any atom is -0.331 e. The molecule has 0 saturated carbocycles. The molecule has 0 unspecified atom stereocenters. The zero-order chi connectivity index (χ0) is 21.4. The first-order valence-corrected chi connectivity index (χ1v) is 11.7. The van der Waals surface area contributed by atoms with Crippen molar-refractivity contribution in [3.8, 4) is 0 Å². The highest BCUT2D eigenvalue weighted by Gasteiger charge is 2.02. The number of imidazole rings is 2. The van der Waals surface area contributed by atoms with Gasteiger partial charge in [-0.2, -0.15) is 0 Å². The summed E-state index contributed by atoms with van der Waals surface area (Å²) in [5, 5.41) is 0. The number of rotatable bonds is 16. The van der Waals surface area contributed by atoms with Crippen LogP contribution in [0.2, 0.25) is 0 Å². The van der Waals surface area contributed by atoms with Crippen molar-refractivity contribution < 1.29 is 4.79 Å². The first-order chi connectivity index (χ1) is 14.7. The summed E-state index contributed by atoms with van der Waals surface area (Å²) < 4.78 is 4.23. The summed E-state index contributed by atoms with van der Waals surface area (Å²) in [6.45, 7) is 6.35. The molecule has 164 valence electrons. The number of nitrogens with zero attached hydrogens (tertiary/aromatic N) is 4. The number of hydrogen-bond donors (Lipinski definition) is 0. The standard InChI is InChI=1S/C25H38N4O/c1-3-5-7-9-11-19-28-21-17-26-24(28)15-13-23(30)14-16-25-27-18-22-29(25)20-12-10-8-6-4-2/h13-18,21-22H,3-12,19-20H2,1-2H3/b15-13+,16-14+. The highest BCUT2D eigenvalue weighted by molar-refractivity contribution is 6.04. The van der Waals surface area contributed by atoms with E-state index in [-0.39, 0.29) is 5.78 Å². The van der Waals surface area contributed by atoms with Crippen LogP contribution in [0.4, 0.5) is 0 Å². The molecule has 0 fully saturated rings. The number of aromatic nitrogens is 4. The Balaban J connectivity index is 1.81. The molecule has 30 heavy (non-hydrogen) atoms. The monoisotopic (exact) mass is 410 g/mol. The molecule has 0 aliphatic carbocycles. The van der Waals surface area contributed by atoms with E-state index in [1.165, 1.54) is 51.4 Å². The Kier molecular flexibility index (Phi) is 11.6. The van der Waals surface area contributed by atoms with Gasteiger partial charge < -0.3 is 9.13 Å². The predicted octanol–water partition coefficient (Wildman–Crippen LogP) is 6.32. The first-order valence-electron chi connectivity index (χ1n) is 11.7. The fraction of sp³-hybridized carbons (Fsp3) is 0.560. The van der Waals surface area contributed by atoms with Gasteiger partial charge >= 0.3 is 0 Å². The molecule has 2 aromatic heterocycles. The van der Waals surface area contributed by atoms with E-state index in [2.05, 4.69) is 32.9 Å². The van der Waals surface area contributed by atoms with Gasteiger partial charge in [-0.05, 0) is 37.1 Å². The minimum absolute atomic E-state index is 0.0509. The molecule has 5 heteroatoms. The van der Waals surface area contributed by atoms with Crippen molar-refractivity contribution in [3.63, 3.8) is 0 Å². The van der Waals surface area contributed by atoms with Crippen LogP contribution in [0.25, 0.3) is 12.2 Å². The summed E-state index contributed by atoms with van der Waals surface area (Å²) >= 11 is 0. The van der Waals surface area contributed by atoms with Gasteiger partial charge in [0.2, 0.25) is 0 Å². The van der Waals surface area contributed by atoms with Crippen LogP contribution in [0.15, 0.2) is 36.9 Å². The van der Waals surface area contributed by atoms with Gasteiger partial charge in [-0.3, -0.25) is 4.79 Å². The second-order valence-corrected chi connectivity index (χ2v) is 7.86. The van der Waals surface area contributed by atoms with E-state index < -0.39 is 0 Å². The summed E-state index contributed by atoms with van der Waals surface area (Å²) in [5.41, 5.74) is 0. The minimum atomic E-state index is -0.0509. The van der Waals surface area contributed by atoms with Gasteiger partial charge in [-0.25, -0.2) is 9.97 Å². The molecular formula is C25H38N4O. The highest BCUT2D eigenvalue weighted by atomic mass is 16.1. The van der Waals surface area contributed by atoms with Crippen LogP contribution in [-0.4, -0.2) is 24.9 Å². The molecule has 0 bridgehead atoms. The second-order valence-electron chi connectivity index (χ2n) is 7.86. The predicted molar refractivity (Wildman–Crippen MR) is 125 cm³/mol. The first kappa shape index (κ1) is 23.8. The molecule has 0 saturated heterocycles. The SMILES string of the molecule is CCCCCCCn1ccnc1/C=C/C(=O)/C=C/c1nccn1CCCCCCC. The van der Waals surface area contributed by atoms with Gasteiger partial charge in [0.25, 0.3) is 0 Å². The average molecular weight is 411 g/mol. The van der Waals surface area contributed by atoms with Gasteiger partial charge in [0.05, 0.1) is 0 Å². The zero-order valence-corrected chi connectivity index (χ0v) is 18.8. The lowest BCUT2D eigenvalue weighted by molar-refractivity contribution is -0.110. The Morgan fingerprint density at radius 1 is 0.733 bits per heavy atom. The van der Waals surface area contributed by atoms with Gasteiger partial charge in [-0.15, -0.1) is 0 Å². The highest BCUT2D eigenvalue weighted by Crippen LogP contribution is 2.09. The van der Waals surface area contributed by atoms with Crippen LogP contribution in [0.3, 0.4) is 0 Å². The summed E-state index contributed by atoms with van der Waals surface area (Å²) in [5.74, 6) is 1.62. The lowest BCUT2D eigenvalue weighted by Gasteiger charge is -2.05. The van der Waals surface area contributed by atoms with Crippen molar-refractivity contribution in [2.45, 2.75) is 91.1 Å². The number of hydrogen-bond acceptors (Lipinski definition) is 3. The van der Waals surface area contributed by atoms with Crippen LogP contribution < -0.4 is 0 Å². The van der Waals surface area contributed by atoms with Crippen molar-refractivity contribution >= 4 is 17.9 Å². The summed E-state index contributed by atoms with van der Waals surface area (Å²) in [6, 6.07) is 0. The lowest BCUT2D eigenvalue weighted by atomic mass is 10.1. The normalized spacial score (nSPS) is 11.8. The number of allylic oxidation sites excluding steroid dienone is 2. The maximum absolute atomic E-state index is 12.3. The third kappa shape index (κ3) is 8.93. The fourth-order valence-electron chi connectivity index (χ4n) is 3.48. The van der Waals surface area contributed by atoms with Crippen LogP contribution >= 0.6 is 0 Å².